The monoisotopic (exact) mass is 400 g/mol. The van der Waals surface area contributed by atoms with Crippen molar-refractivity contribution in [3.8, 4) is 28.0 Å². The number of aromatic nitrogens is 1. The molecule has 2 heterocycles. The van der Waals surface area contributed by atoms with Gasteiger partial charge in [-0.2, -0.15) is 0 Å². The number of furan rings is 1. The van der Waals surface area contributed by atoms with Gasteiger partial charge in [-0.05, 0) is 35.9 Å². The minimum atomic E-state index is -1.19. The smallest absolute Gasteiger partial charge is 0.337 e. The molecule has 1 amide bonds. The highest BCUT2D eigenvalue weighted by atomic mass is 16.4. The van der Waals surface area contributed by atoms with Gasteiger partial charge in [0.1, 0.15) is 5.75 Å². The van der Waals surface area contributed by atoms with E-state index in [2.05, 4.69) is 10.3 Å². The zero-order valence-electron chi connectivity index (χ0n) is 15.6. The molecular weight excluding hydrogens is 384 g/mol. The Morgan fingerprint density at radius 3 is 2.50 bits per heavy atom. The quantitative estimate of drug-likeness (QED) is 0.449. The average molecular weight is 400 g/mol. The normalized spacial score (nSPS) is 10.5. The predicted molar refractivity (Wildman–Crippen MR) is 110 cm³/mol. The van der Waals surface area contributed by atoms with Crippen LogP contribution in [0.4, 0.5) is 5.69 Å². The highest BCUT2D eigenvalue weighted by molar-refractivity contribution is 6.12. The molecule has 0 atom stereocenters. The van der Waals surface area contributed by atoms with E-state index in [0.717, 1.165) is 5.56 Å². The van der Waals surface area contributed by atoms with Crippen LogP contribution in [0.5, 0.6) is 5.75 Å². The second-order valence-electron chi connectivity index (χ2n) is 6.47. The molecule has 148 valence electrons. The zero-order chi connectivity index (χ0) is 21.1. The molecule has 0 aliphatic carbocycles. The van der Waals surface area contributed by atoms with E-state index in [9.17, 15) is 19.8 Å². The Bertz CT molecular complexity index is 1220. The van der Waals surface area contributed by atoms with Crippen LogP contribution in [-0.2, 0) is 0 Å². The molecule has 0 aliphatic rings. The second kappa shape index (κ2) is 7.92. The standard InChI is InChI=1S/C23H16N2O5/c26-20-7-6-14(15-3-2-9-24-12-15)11-19(20)22(27)25-21-17(16-8-10-30-13-16)4-1-5-18(21)23(28)29/h1-13,26H,(H,25,27)(H,28,29). The van der Waals surface area contributed by atoms with Crippen LogP contribution in [0, 0.1) is 0 Å². The van der Waals surface area contributed by atoms with Crippen molar-refractivity contribution in [2.24, 2.45) is 0 Å². The average Bonchev–Trinajstić information content (AvgIpc) is 3.29. The first-order valence-corrected chi connectivity index (χ1v) is 8.98. The number of anilines is 1. The highest BCUT2D eigenvalue weighted by Gasteiger charge is 2.20. The number of aromatic hydroxyl groups is 1. The molecule has 2 aromatic carbocycles. The molecular formula is C23H16N2O5. The van der Waals surface area contributed by atoms with Gasteiger partial charge in [-0.3, -0.25) is 9.78 Å². The van der Waals surface area contributed by atoms with Crippen molar-refractivity contribution in [3.63, 3.8) is 0 Å². The molecule has 0 bridgehead atoms. The van der Waals surface area contributed by atoms with Crippen LogP contribution in [-0.4, -0.2) is 27.1 Å². The van der Waals surface area contributed by atoms with E-state index in [1.54, 1.807) is 42.7 Å². The van der Waals surface area contributed by atoms with Crippen LogP contribution in [0.25, 0.3) is 22.3 Å². The van der Waals surface area contributed by atoms with Crippen LogP contribution < -0.4 is 5.32 Å². The number of aromatic carboxylic acids is 1. The third-order valence-electron chi connectivity index (χ3n) is 4.60. The summed E-state index contributed by atoms with van der Waals surface area (Å²) in [7, 11) is 0. The van der Waals surface area contributed by atoms with Gasteiger partial charge in [-0.1, -0.05) is 24.3 Å². The number of nitrogens with one attached hydrogen (secondary N) is 1. The summed E-state index contributed by atoms with van der Waals surface area (Å²) in [5.74, 6) is -2.06. The summed E-state index contributed by atoms with van der Waals surface area (Å²) >= 11 is 0. The Balaban J connectivity index is 1.76. The molecule has 2 aromatic heterocycles. The lowest BCUT2D eigenvalue weighted by atomic mass is 10.0. The number of carbonyl (C=O) groups is 2. The number of carboxylic acid groups (broad SMARTS) is 1. The number of para-hydroxylation sites is 1. The maximum absolute atomic E-state index is 13.0. The number of amides is 1. The van der Waals surface area contributed by atoms with Crippen molar-refractivity contribution in [3.05, 3.63) is 90.6 Å². The zero-order valence-corrected chi connectivity index (χ0v) is 15.6. The number of carboxylic acids is 1. The topological polar surface area (TPSA) is 113 Å². The van der Waals surface area contributed by atoms with E-state index >= 15 is 0 Å². The van der Waals surface area contributed by atoms with Crippen molar-refractivity contribution < 1.29 is 24.2 Å². The molecule has 0 radical (unpaired) electrons. The number of benzene rings is 2. The third kappa shape index (κ3) is 3.64. The van der Waals surface area contributed by atoms with Crippen molar-refractivity contribution in [1.82, 2.24) is 4.98 Å². The lowest BCUT2D eigenvalue weighted by Gasteiger charge is -2.14. The Morgan fingerprint density at radius 1 is 0.933 bits per heavy atom. The van der Waals surface area contributed by atoms with Gasteiger partial charge in [0.05, 0.1) is 29.3 Å². The lowest BCUT2D eigenvalue weighted by molar-refractivity contribution is 0.0698. The molecule has 0 spiro atoms. The number of nitrogens with zero attached hydrogens (tertiary/aromatic N) is 1. The first kappa shape index (κ1) is 18.9. The molecule has 0 unspecified atom stereocenters. The number of hydrogen-bond acceptors (Lipinski definition) is 5. The van der Waals surface area contributed by atoms with Gasteiger partial charge in [0.25, 0.3) is 5.91 Å². The van der Waals surface area contributed by atoms with Crippen molar-refractivity contribution in [1.29, 1.82) is 0 Å². The van der Waals surface area contributed by atoms with Gasteiger partial charge < -0.3 is 19.9 Å². The number of phenols is 1. The van der Waals surface area contributed by atoms with Crippen LogP contribution >= 0.6 is 0 Å². The molecule has 4 aromatic rings. The number of phenolic OH excluding ortho intramolecular Hbond substituents is 1. The summed E-state index contributed by atoms with van der Waals surface area (Å²) in [6, 6.07) is 14.5. The summed E-state index contributed by atoms with van der Waals surface area (Å²) < 4.78 is 5.09. The summed E-state index contributed by atoms with van der Waals surface area (Å²) in [5.41, 5.74) is 2.60. The Hall–Kier alpha value is -4.39. The molecule has 0 fully saturated rings. The van der Waals surface area contributed by atoms with Crippen molar-refractivity contribution in [2.75, 3.05) is 5.32 Å². The van der Waals surface area contributed by atoms with Crippen molar-refractivity contribution in [2.45, 2.75) is 0 Å². The third-order valence-corrected chi connectivity index (χ3v) is 4.60. The number of carbonyl (C=O) groups excluding carboxylic acids is 1. The minimum Gasteiger partial charge on any atom is -0.507 e. The first-order chi connectivity index (χ1) is 14.5. The first-order valence-electron chi connectivity index (χ1n) is 8.98. The summed E-state index contributed by atoms with van der Waals surface area (Å²) in [5, 5.41) is 22.5. The van der Waals surface area contributed by atoms with Crippen molar-refractivity contribution >= 4 is 17.6 Å². The summed E-state index contributed by atoms with van der Waals surface area (Å²) in [6.45, 7) is 0. The summed E-state index contributed by atoms with van der Waals surface area (Å²) in [4.78, 5) is 28.8. The van der Waals surface area contributed by atoms with E-state index in [1.807, 2.05) is 6.07 Å². The van der Waals surface area contributed by atoms with E-state index in [0.29, 0.717) is 16.7 Å². The van der Waals surface area contributed by atoms with E-state index in [4.69, 9.17) is 4.42 Å². The SMILES string of the molecule is O=C(Nc1c(C(=O)O)cccc1-c1ccoc1)c1cc(-c2cccnc2)ccc1O. The van der Waals surface area contributed by atoms with Crippen LogP contribution in [0.15, 0.2) is 83.9 Å². The number of hydrogen-bond donors (Lipinski definition) is 3. The molecule has 3 N–H and O–H groups in total. The van der Waals surface area contributed by atoms with Gasteiger partial charge >= 0.3 is 5.97 Å². The molecule has 0 saturated heterocycles. The molecule has 0 aliphatic heterocycles. The van der Waals surface area contributed by atoms with E-state index < -0.39 is 11.9 Å². The lowest BCUT2D eigenvalue weighted by Crippen LogP contribution is -2.16. The summed E-state index contributed by atoms with van der Waals surface area (Å²) in [6.07, 6.45) is 6.19. The fourth-order valence-electron chi connectivity index (χ4n) is 3.14. The highest BCUT2D eigenvalue weighted by Crippen LogP contribution is 2.33. The maximum Gasteiger partial charge on any atom is 0.337 e. The van der Waals surface area contributed by atoms with Gasteiger partial charge in [0, 0.05) is 29.1 Å². The van der Waals surface area contributed by atoms with E-state index in [1.165, 1.54) is 30.7 Å². The van der Waals surface area contributed by atoms with Crippen LogP contribution in [0.2, 0.25) is 0 Å². The minimum absolute atomic E-state index is 0.00897. The Morgan fingerprint density at radius 2 is 1.80 bits per heavy atom. The molecule has 30 heavy (non-hydrogen) atoms. The molecule has 4 rings (SSSR count). The van der Waals surface area contributed by atoms with Gasteiger partial charge in [0.15, 0.2) is 0 Å². The van der Waals surface area contributed by atoms with Crippen LogP contribution in [0.3, 0.4) is 0 Å². The number of pyridine rings is 1. The van der Waals surface area contributed by atoms with Gasteiger partial charge in [0.2, 0.25) is 0 Å². The van der Waals surface area contributed by atoms with E-state index in [-0.39, 0.29) is 22.6 Å². The fourth-order valence-corrected chi connectivity index (χ4v) is 3.14. The molecule has 7 heteroatoms. The Labute approximate surface area is 171 Å². The number of rotatable bonds is 5. The predicted octanol–water partition coefficient (Wildman–Crippen LogP) is 4.66. The Kier molecular flexibility index (Phi) is 5.00. The maximum atomic E-state index is 13.0. The molecule has 0 saturated carbocycles. The largest absolute Gasteiger partial charge is 0.507 e. The van der Waals surface area contributed by atoms with Crippen LogP contribution in [0.1, 0.15) is 20.7 Å². The van der Waals surface area contributed by atoms with Gasteiger partial charge in [-0.15, -0.1) is 0 Å². The molecule has 7 nitrogen and oxygen atoms in total. The van der Waals surface area contributed by atoms with Gasteiger partial charge in [-0.25, -0.2) is 4.79 Å². The fraction of sp³-hybridized carbons (Fsp3) is 0. The second-order valence-corrected chi connectivity index (χ2v) is 6.47.